The molecule has 0 aromatic carbocycles. The van der Waals surface area contributed by atoms with E-state index in [1.165, 1.54) is 5.56 Å². The zero-order valence-corrected chi connectivity index (χ0v) is 16.2. The summed E-state index contributed by atoms with van der Waals surface area (Å²) in [5.41, 5.74) is 2.42. The fraction of sp³-hybridized carbons (Fsp3) is 0.556. The highest BCUT2D eigenvalue weighted by Gasteiger charge is 2.21. The molecule has 1 atom stereocenters. The fourth-order valence-corrected chi connectivity index (χ4v) is 3.90. The maximum absolute atomic E-state index is 5.59. The molecule has 0 spiro atoms. The fourth-order valence-electron chi connectivity index (χ4n) is 3.01. The monoisotopic (exact) mass is 361 g/mol. The Morgan fingerprint density at radius 2 is 2.28 bits per heavy atom. The number of aliphatic imine (C=N–C) groups is 1. The summed E-state index contributed by atoms with van der Waals surface area (Å²) in [6.45, 7) is 9.69. The summed E-state index contributed by atoms with van der Waals surface area (Å²) in [7, 11) is 1.78. The molecule has 1 aliphatic rings. The van der Waals surface area contributed by atoms with Crippen LogP contribution in [0.2, 0.25) is 0 Å². The Bertz CT molecular complexity index is 716. The molecule has 25 heavy (non-hydrogen) atoms. The summed E-state index contributed by atoms with van der Waals surface area (Å²) in [6, 6.07) is 2.70. The van der Waals surface area contributed by atoms with Crippen molar-refractivity contribution in [2.45, 2.75) is 46.3 Å². The van der Waals surface area contributed by atoms with E-state index in [-0.39, 0.29) is 0 Å². The average molecular weight is 362 g/mol. The van der Waals surface area contributed by atoms with Gasteiger partial charge >= 0.3 is 0 Å². The molecule has 0 radical (unpaired) electrons. The first kappa shape index (κ1) is 17.9. The van der Waals surface area contributed by atoms with Crippen LogP contribution in [0, 0.1) is 13.8 Å². The van der Waals surface area contributed by atoms with Gasteiger partial charge in [-0.05, 0) is 44.2 Å². The van der Waals surface area contributed by atoms with Crippen LogP contribution in [-0.4, -0.2) is 42.0 Å². The first-order valence-electron chi connectivity index (χ1n) is 8.73. The Morgan fingerprint density at radius 3 is 3.00 bits per heavy atom. The Kier molecular flexibility index (Phi) is 5.75. The van der Waals surface area contributed by atoms with Crippen LogP contribution in [0.4, 0.5) is 0 Å². The van der Waals surface area contributed by atoms with Crippen LogP contribution in [0.1, 0.15) is 34.7 Å². The number of nitrogens with zero attached hydrogens (tertiary/aromatic N) is 3. The van der Waals surface area contributed by atoms with Gasteiger partial charge < -0.3 is 15.1 Å². The van der Waals surface area contributed by atoms with Crippen molar-refractivity contribution in [2.24, 2.45) is 4.99 Å². The summed E-state index contributed by atoms with van der Waals surface area (Å²) in [5, 5.41) is 8.87. The zero-order chi connectivity index (χ0) is 17.8. The summed E-state index contributed by atoms with van der Waals surface area (Å²) < 4.78 is 5.59. The van der Waals surface area contributed by atoms with Gasteiger partial charge in [-0.15, -0.1) is 11.3 Å². The average Bonchev–Trinajstić information content (AvgIpc) is 3.20. The lowest BCUT2D eigenvalue weighted by Gasteiger charge is -2.32. The number of oxazole rings is 1. The van der Waals surface area contributed by atoms with E-state index in [9.17, 15) is 0 Å². The minimum Gasteiger partial charge on any atom is -0.444 e. The van der Waals surface area contributed by atoms with Gasteiger partial charge in [0.15, 0.2) is 5.96 Å². The quantitative estimate of drug-likeness (QED) is 0.633. The molecule has 0 saturated carbocycles. The number of fused-ring (bicyclic) bond motifs is 1. The van der Waals surface area contributed by atoms with Gasteiger partial charge in [-0.3, -0.25) is 9.89 Å². The van der Waals surface area contributed by atoms with E-state index in [0.29, 0.717) is 18.5 Å². The third kappa shape index (κ3) is 4.41. The minimum absolute atomic E-state index is 0.442. The largest absolute Gasteiger partial charge is 0.444 e. The van der Waals surface area contributed by atoms with Gasteiger partial charge in [-0.25, -0.2) is 4.98 Å². The van der Waals surface area contributed by atoms with Crippen LogP contribution in [0.25, 0.3) is 0 Å². The van der Waals surface area contributed by atoms with Crippen molar-refractivity contribution < 1.29 is 4.42 Å². The highest BCUT2D eigenvalue weighted by Crippen LogP contribution is 2.24. The van der Waals surface area contributed by atoms with E-state index in [1.807, 2.05) is 25.2 Å². The van der Waals surface area contributed by atoms with Gasteiger partial charge in [-0.1, -0.05) is 0 Å². The third-order valence-electron chi connectivity index (χ3n) is 4.73. The number of nitrogens with one attached hydrogen (secondary N) is 2. The Hall–Kier alpha value is -1.86. The standard InChI is InChI=1S/C18H27N5OS/c1-12(23-7-5-16-15(11-23)6-8-25-16)9-20-18(19-4)21-10-17-22-13(2)14(3)24-17/h6,8,12H,5,7,9-11H2,1-4H3,(H2,19,20,21). The van der Waals surface area contributed by atoms with E-state index >= 15 is 0 Å². The first-order chi connectivity index (χ1) is 12.1. The maximum atomic E-state index is 5.59. The molecule has 1 aliphatic heterocycles. The second kappa shape index (κ2) is 8.01. The van der Waals surface area contributed by atoms with E-state index in [2.05, 4.69) is 43.9 Å². The van der Waals surface area contributed by atoms with Crippen LogP contribution in [-0.2, 0) is 19.5 Å². The molecule has 6 nitrogen and oxygen atoms in total. The second-order valence-corrected chi connectivity index (χ2v) is 7.50. The zero-order valence-electron chi connectivity index (χ0n) is 15.4. The van der Waals surface area contributed by atoms with Crippen LogP contribution >= 0.6 is 11.3 Å². The van der Waals surface area contributed by atoms with Gasteiger partial charge in [0.05, 0.1) is 12.2 Å². The molecule has 3 rings (SSSR count). The van der Waals surface area contributed by atoms with Gasteiger partial charge in [0, 0.05) is 37.6 Å². The molecule has 0 aliphatic carbocycles. The number of thiophene rings is 1. The van der Waals surface area contributed by atoms with Crippen LogP contribution in [0.5, 0.6) is 0 Å². The van der Waals surface area contributed by atoms with Gasteiger partial charge in [0.1, 0.15) is 5.76 Å². The smallest absolute Gasteiger partial charge is 0.214 e. The summed E-state index contributed by atoms with van der Waals surface area (Å²) in [6.07, 6.45) is 1.16. The lowest BCUT2D eigenvalue weighted by Crippen LogP contribution is -2.47. The van der Waals surface area contributed by atoms with Crippen LogP contribution in [0.15, 0.2) is 20.9 Å². The molecule has 0 fully saturated rings. The van der Waals surface area contributed by atoms with E-state index < -0.39 is 0 Å². The van der Waals surface area contributed by atoms with Crippen molar-refractivity contribution in [3.63, 3.8) is 0 Å². The molecule has 2 aromatic heterocycles. The van der Waals surface area contributed by atoms with Gasteiger partial charge in [0.2, 0.25) is 5.89 Å². The number of hydrogen-bond donors (Lipinski definition) is 2. The molecule has 7 heteroatoms. The summed E-state index contributed by atoms with van der Waals surface area (Å²) in [4.78, 5) is 12.7. The number of aryl methyl sites for hydroxylation is 2. The Balaban J connectivity index is 1.46. The molecule has 2 N–H and O–H groups in total. The molecule has 3 heterocycles. The lowest BCUT2D eigenvalue weighted by atomic mass is 10.1. The number of aromatic nitrogens is 1. The van der Waals surface area contributed by atoms with Crippen molar-refractivity contribution in [3.8, 4) is 0 Å². The highest BCUT2D eigenvalue weighted by atomic mass is 32.1. The van der Waals surface area contributed by atoms with Crippen molar-refractivity contribution >= 4 is 17.3 Å². The maximum Gasteiger partial charge on any atom is 0.214 e. The van der Waals surface area contributed by atoms with Crippen LogP contribution < -0.4 is 10.6 Å². The summed E-state index contributed by atoms with van der Waals surface area (Å²) in [5.74, 6) is 2.33. The molecular formula is C18H27N5OS. The minimum atomic E-state index is 0.442. The van der Waals surface area contributed by atoms with E-state index in [1.54, 1.807) is 11.9 Å². The topological polar surface area (TPSA) is 65.7 Å². The van der Waals surface area contributed by atoms with Crippen molar-refractivity contribution in [1.29, 1.82) is 0 Å². The van der Waals surface area contributed by atoms with Gasteiger partial charge in [0.25, 0.3) is 0 Å². The highest BCUT2D eigenvalue weighted by molar-refractivity contribution is 7.10. The number of rotatable bonds is 5. The lowest BCUT2D eigenvalue weighted by molar-refractivity contribution is 0.192. The van der Waals surface area contributed by atoms with E-state index in [4.69, 9.17) is 4.42 Å². The van der Waals surface area contributed by atoms with Crippen molar-refractivity contribution in [1.82, 2.24) is 20.5 Å². The number of guanidine groups is 1. The summed E-state index contributed by atoms with van der Waals surface area (Å²) >= 11 is 1.88. The SMILES string of the molecule is CN=C(NCc1nc(C)c(C)o1)NCC(C)N1CCc2sccc2C1. The Morgan fingerprint density at radius 1 is 1.44 bits per heavy atom. The molecule has 0 amide bonds. The predicted octanol–water partition coefficient (Wildman–Crippen LogP) is 2.46. The van der Waals surface area contributed by atoms with Crippen molar-refractivity contribution in [3.05, 3.63) is 39.2 Å². The molecule has 0 bridgehead atoms. The second-order valence-electron chi connectivity index (χ2n) is 6.49. The van der Waals surface area contributed by atoms with Gasteiger partial charge in [-0.2, -0.15) is 0 Å². The molecule has 2 aromatic rings. The van der Waals surface area contributed by atoms with Crippen molar-refractivity contribution in [2.75, 3.05) is 20.1 Å². The van der Waals surface area contributed by atoms with E-state index in [0.717, 1.165) is 43.5 Å². The molecule has 136 valence electrons. The molecular weight excluding hydrogens is 334 g/mol. The van der Waals surface area contributed by atoms with Crippen LogP contribution in [0.3, 0.4) is 0 Å². The Labute approximate surface area is 153 Å². The predicted molar refractivity (Wildman–Crippen MR) is 102 cm³/mol. The first-order valence-corrected chi connectivity index (χ1v) is 9.61. The molecule has 0 saturated heterocycles. The normalized spacial score (nSPS) is 16.6. The third-order valence-corrected chi connectivity index (χ3v) is 5.75. The number of hydrogen-bond acceptors (Lipinski definition) is 5. The molecule has 1 unspecified atom stereocenters.